The number of rotatable bonds is 4. The summed E-state index contributed by atoms with van der Waals surface area (Å²) in [4.78, 5) is 10.7. The van der Waals surface area contributed by atoms with Crippen LogP contribution in [0, 0.1) is 5.92 Å². The summed E-state index contributed by atoms with van der Waals surface area (Å²) in [6, 6.07) is 0. The molecule has 1 rings (SSSR count). The lowest BCUT2D eigenvalue weighted by molar-refractivity contribution is -0.144. The average Bonchev–Trinajstić information content (AvgIpc) is 2.16. The normalized spacial score (nSPS) is 32.9. The van der Waals surface area contributed by atoms with Crippen molar-refractivity contribution in [1.82, 2.24) is 0 Å². The SMILES string of the molecule is O=C(O)C1CCC(O)(CCCO)CC1. The van der Waals surface area contributed by atoms with Gasteiger partial charge in [0, 0.05) is 6.61 Å². The molecular weight excluding hydrogens is 184 g/mol. The molecule has 0 saturated heterocycles. The first-order chi connectivity index (χ1) is 6.57. The number of aliphatic carboxylic acids is 1. The van der Waals surface area contributed by atoms with E-state index in [0.717, 1.165) is 0 Å². The van der Waals surface area contributed by atoms with Gasteiger partial charge < -0.3 is 15.3 Å². The number of carboxylic acids is 1. The van der Waals surface area contributed by atoms with Gasteiger partial charge in [-0.05, 0) is 38.5 Å². The second kappa shape index (κ2) is 4.75. The van der Waals surface area contributed by atoms with Gasteiger partial charge in [-0.1, -0.05) is 0 Å². The molecule has 0 spiro atoms. The van der Waals surface area contributed by atoms with Gasteiger partial charge in [0.05, 0.1) is 11.5 Å². The Morgan fingerprint density at radius 3 is 2.36 bits per heavy atom. The molecular formula is C10H18O4. The van der Waals surface area contributed by atoms with E-state index in [1.54, 1.807) is 0 Å². The summed E-state index contributed by atoms with van der Waals surface area (Å²) < 4.78 is 0. The van der Waals surface area contributed by atoms with Crippen LogP contribution in [0.5, 0.6) is 0 Å². The molecule has 1 aliphatic carbocycles. The van der Waals surface area contributed by atoms with Crippen LogP contribution in [0.15, 0.2) is 0 Å². The minimum atomic E-state index is -0.755. The fourth-order valence-electron chi connectivity index (χ4n) is 2.06. The second-order valence-corrected chi connectivity index (χ2v) is 4.16. The summed E-state index contributed by atoms with van der Waals surface area (Å²) in [6.07, 6.45) is 3.37. The lowest BCUT2D eigenvalue weighted by Crippen LogP contribution is -2.36. The first-order valence-corrected chi connectivity index (χ1v) is 5.13. The molecule has 0 amide bonds. The van der Waals surface area contributed by atoms with Crippen molar-refractivity contribution in [2.45, 2.75) is 44.1 Å². The van der Waals surface area contributed by atoms with E-state index in [1.807, 2.05) is 0 Å². The van der Waals surface area contributed by atoms with Gasteiger partial charge in [-0.2, -0.15) is 0 Å². The highest BCUT2D eigenvalue weighted by Crippen LogP contribution is 2.35. The van der Waals surface area contributed by atoms with E-state index in [9.17, 15) is 9.90 Å². The van der Waals surface area contributed by atoms with Gasteiger partial charge in [0.25, 0.3) is 0 Å². The highest BCUT2D eigenvalue weighted by Gasteiger charge is 2.34. The Balaban J connectivity index is 2.36. The average molecular weight is 202 g/mol. The van der Waals surface area contributed by atoms with Crippen LogP contribution in [0.4, 0.5) is 0 Å². The minimum absolute atomic E-state index is 0.0880. The van der Waals surface area contributed by atoms with Crippen molar-refractivity contribution in [3.63, 3.8) is 0 Å². The summed E-state index contributed by atoms with van der Waals surface area (Å²) in [5.41, 5.74) is -0.727. The van der Waals surface area contributed by atoms with E-state index in [-0.39, 0.29) is 12.5 Å². The van der Waals surface area contributed by atoms with Gasteiger partial charge in [0.2, 0.25) is 0 Å². The summed E-state index contributed by atoms with van der Waals surface area (Å²) >= 11 is 0. The van der Waals surface area contributed by atoms with Crippen molar-refractivity contribution >= 4 is 5.97 Å². The summed E-state index contributed by atoms with van der Waals surface area (Å²) in [5.74, 6) is -1.04. The maximum absolute atomic E-state index is 10.7. The van der Waals surface area contributed by atoms with Crippen LogP contribution in [0.3, 0.4) is 0 Å². The summed E-state index contributed by atoms with van der Waals surface area (Å²) in [7, 11) is 0. The van der Waals surface area contributed by atoms with E-state index in [2.05, 4.69) is 0 Å². The summed E-state index contributed by atoms with van der Waals surface area (Å²) in [6.45, 7) is 0.0880. The Labute approximate surface area is 83.6 Å². The van der Waals surface area contributed by atoms with E-state index < -0.39 is 11.6 Å². The Morgan fingerprint density at radius 2 is 1.93 bits per heavy atom. The number of aliphatic hydroxyl groups excluding tert-OH is 1. The first-order valence-electron chi connectivity index (χ1n) is 5.13. The molecule has 0 aromatic heterocycles. The minimum Gasteiger partial charge on any atom is -0.481 e. The van der Waals surface area contributed by atoms with Crippen LogP contribution < -0.4 is 0 Å². The number of hydrogen-bond donors (Lipinski definition) is 3. The Morgan fingerprint density at radius 1 is 1.36 bits per heavy atom. The van der Waals surface area contributed by atoms with Gasteiger partial charge >= 0.3 is 5.97 Å². The molecule has 1 aliphatic rings. The zero-order valence-corrected chi connectivity index (χ0v) is 8.28. The Bertz CT molecular complexity index is 194. The predicted molar refractivity (Wildman–Crippen MR) is 50.9 cm³/mol. The fourth-order valence-corrected chi connectivity index (χ4v) is 2.06. The van der Waals surface area contributed by atoms with E-state index in [0.29, 0.717) is 38.5 Å². The second-order valence-electron chi connectivity index (χ2n) is 4.16. The molecule has 0 radical (unpaired) electrons. The first kappa shape index (κ1) is 11.5. The standard InChI is InChI=1S/C10H18O4/c11-7-1-4-10(14)5-2-8(3-6-10)9(12)13/h8,11,14H,1-7H2,(H,12,13). The van der Waals surface area contributed by atoms with Gasteiger partial charge in [-0.25, -0.2) is 0 Å². The van der Waals surface area contributed by atoms with Crippen molar-refractivity contribution in [3.8, 4) is 0 Å². The number of aliphatic hydroxyl groups is 2. The molecule has 0 aromatic carbocycles. The number of carbonyl (C=O) groups is 1. The number of hydrogen-bond acceptors (Lipinski definition) is 3. The van der Waals surface area contributed by atoms with E-state index in [4.69, 9.17) is 10.2 Å². The van der Waals surface area contributed by atoms with Crippen molar-refractivity contribution in [2.75, 3.05) is 6.61 Å². The quantitative estimate of drug-likeness (QED) is 0.629. The van der Waals surface area contributed by atoms with Crippen LogP contribution in [-0.4, -0.2) is 33.5 Å². The third-order valence-electron chi connectivity index (χ3n) is 3.07. The third-order valence-corrected chi connectivity index (χ3v) is 3.07. The van der Waals surface area contributed by atoms with Gasteiger partial charge in [0.15, 0.2) is 0 Å². The van der Waals surface area contributed by atoms with Gasteiger partial charge in [0.1, 0.15) is 0 Å². The lowest BCUT2D eigenvalue weighted by atomic mass is 9.77. The molecule has 4 nitrogen and oxygen atoms in total. The maximum atomic E-state index is 10.7. The molecule has 0 bridgehead atoms. The molecule has 0 atom stereocenters. The van der Waals surface area contributed by atoms with E-state index >= 15 is 0 Å². The van der Waals surface area contributed by atoms with Gasteiger partial charge in [-0.15, -0.1) is 0 Å². The van der Waals surface area contributed by atoms with Gasteiger partial charge in [-0.3, -0.25) is 4.79 Å². The molecule has 0 aromatic rings. The fraction of sp³-hybridized carbons (Fsp3) is 0.900. The predicted octanol–water partition coefficient (Wildman–Crippen LogP) is 0.765. The highest BCUT2D eigenvalue weighted by atomic mass is 16.4. The van der Waals surface area contributed by atoms with Crippen molar-refractivity contribution in [3.05, 3.63) is 0 Å². The lowest BCUT2D eigenvalue weighted by Gasteiger charge is -2.34. The molecule has 0 heterocycles. The third kappa shape index (κ3) is 2.96. The maximum Gasteiger partial charge on any atom is 0.306 e. The van der Waals surface area contributed by atoms with Crippen LogP contribution in [0.2, 0.25) is 0 Å². The zero-order valence-electron chi connectivity index (χ0n) is 8.28. The van der Waals surface area contributed by atoms with Crippen molar-refractivity contribution in [1.29, 1.82) is 0 Å². The van der Waals surface area contributed by atoms with Crippen LogP contribution in [0.25, 0.3) is 0 Å². The monoisotopic (exact) mass is 202 g/mol. The van der Waals surface area contributed by atoms with Crippen molar-refractivity contribution < 1.29 is 20.1 Å². The molecule has 82 valence electrons. The Hall–Kier alpha value is -0.610. The Kier molecular flexibility index (Phi) is 3.89. The smallest absolute Gasteiger partial charge is 0.306 e. The molecule has 3 N–H and O–H groups in total. The molecule has 4 heteroatoms. The molecule has 1 saturated carbocycles. The highest BCUT2D eigenvalue weighted by molar-refractivity contribution is 5.70. The largest absolute Gasteiger partial charge is 0.481 e. The van der Waals surface area contributed by atoms with E-state index in [1.165, 1.54) is 0 Å². The van der Waals surface area contributed by atoms with Crippen LogP contribution >= 0.6 is 0 Å². The molecule has 1 fully saturated rings. The number of carboxylic acid groups (broad SMARTS) is 1. The zero-order chi connectivity index (χ0) is 10.6. The molecule has 0 unspecified atom stereocenters. The topological polar surface area (TPSA) is 77.8 Å². The molecule has 14 heavy (non-hydrogen) atoms. The van der Waals surface area contributed by atoms with Crippen molar-refractivity contribution in [2.24, 2.45) is 5.92 Å². The molecule has 0 aliphatic heterocycles. The van der Waals surface area contributed by atoms with Crippen LogP contribution in [-0.2, 0) is 4.79 Å². The van der Waals surface area contributed by atoms with Crippen LogP contribution in [0.1, 0.15) is 38.5 Å². The summed E-state index contributed by atoms with van der Waals surface area (Å²) in [5, 5.41) is 27.4.